The maximum Gasteiger partial charge on any atom is 0.333 e. The highest BCUT2D eigenvalue weighted by atomic mass is 35.5. The molecule has 0 bridgehead atoms. The molecule has 0 saturated carbocycles. The van der Waals surface area contributed by atoms with Crippen LogP contribution in [0.25, 0.3) is 0 Å². The molecule has 0 aliphatic rings. The molecular weight excluding hydrogens is 406 g/mol. The minimum absolute atomic E-state index is 0.0130. The highest BCUT2D eigenvalue weighted by molar-refractivity contribution is 6.30. The molecule has 152 valence electrons. The Balaban J connectivity index is 1.71. The second kappa shape index (κ2) is 9.78. The first kappa shape index (κ1) is 21.2. The van der Waals surface area contributed by atoms with Crippen LogP contribution in [0, 0.1) is 0 Å². The average molecular weight is 424 g/mol. The molecule has 2 aromatic carbocycles. The predicted molar refractivity (Wildman–Crippen MR) is 112 cm³/mol. The number of carbonyl (C=O) groups excluding carboxylic acids is 3. The van der Waals surface area contributed by atoms with Gasteiger partial charge < -0.3 is 15.8 Å². The van der Waals surface area contributed by atoms with E-state index < -0.39 is 23.7 Å². The standard InChI is InChI=1S/C22H18ClN3O4/c23-17-12-11-16(19(26-17)20(27)15-9-5-2-6-10-15)25-21(28)18(24)22(29)30-13-14-7-3-1-4-8-14/h1-12,18H,13,24H2,(H,25,28). The van der Waals surface area contributed by atoms with E-state index in [2.05, 4.69) is 10.3 Å². The number of anilines is 1. The quantitative estimate of drug-likeness (QED) is 0.261. The van der Waals surface area contributed by atoms with Crippen molar-refractivity contribution in [3.05, 3.63) is 94.8 Å². The Labute approximate surface area is 177 Å². The van der Waals surface area contributed by atoms with E-state index in [0.717, 1.165) is 5.56 Å². The first-order valence-corrected chi connectivity index (χ1v) is 9.37. The molecule has 0 radical (unpaired) electrons. The number of nitrogens with one attached hydrogen (secondary N) is 1. The lowest BCUT2D eigenvalue weighted by Crippen LogP contribution is -2.43. The summed E-state index contributed by atoms with van der Waals surface area (Å²) < 4.78 is 5.09. The zero-order valence-electron chi connectivity index (χ0n) is 15.7. The molecule has 3 N–H and O–H groups in total. The third-order valence-electron chi connectivity index (χ3n) is 4.13. The molecule has 0 saturated heterocycles. The third-order valence-corrected chi connectivity index (χ3v) is 4.34. The van der Waals surface area contributed by atoms with Crippen LogP contribution in [0.5, 0.6) is 0 Å². The lowest BCUT2D eigenvalue weighted by atomic mass is 10.1. The first-order chi connectivity index (χ1) is 14.5. The number of amides is 1. The van der Waals surface area contributed by atoms with E-state index in [1.807, 2.05) is 6.07 Å². The molecule has 1 heterocycles. The Kier molecular flexibility index (Phi) is 6.90. The van der Waals surface area contributed by atoms with Gasteiger partial charge in [0.25, 0.3) is 5.91 Å². The van der Waals surface area contributed by atoms with E-state index in [1.54, 1.807) is 54.6 Å². The van der Waals surface area contributed by atoms with Crippen molar-refractivity contribution in [3.8, 4) is 0 Å². The lowest BCUT2D eigenvalue weighted by molar-refractivity contribution is -0.148. The monoisotopic (exact) mass is 423 g/mol. The van der Waals surface area contributed by atoms with Crippen LogP contribution in [0.1, 0.15) is 21.6 Å². The molecular formula is C22H18ClN3O4. The van der Waals surface area contributed by atoms with Crippen molar-refractivity contribution < 1.29 is 19.1 Å². The van der Waals surface area contributed by atoms with Crippen molar-refractivity contribution in [2.75, 3.05) is 5.32 Å². The smallest absolute Gasteiger partial charge is 0.333 e. The second-order valence-corrected chi connectivity index (χ2v) is 6.67. The number of nitrogens with two attached hydrogens (primary N) is 1. The first-order valence-electron chi connectivity index (χ1n) is 8.99. The number of pyridine rings is 1. The number of esters is 1. The van der Waals surface area contributed by atoms with Crippen molar-refractivity contribution in [2.45, 2.75) is 12.6 Å². The number of hydrogen-bond donors (Lipinski definition) is 2. The molecule has 1 aromatic heterocycles. The van der Waals surface area contributed by atoms with E-state index in [4.69, 9.17) is 22.1 Å². The number of aromatic nitrogens is 1. The van der Waals surface area contributed by atoms with Crippen molar-refractivity contribution >= 4 is 34.9 Å². The number of benzene rings is 2. The molecule has 1 atom stereocenters. The molecule has 1 unspecified atom stereocenters. The van der Waals surface area contributed by atoms with Crippen LogP contribution in [0.3, 0.4) is 0 Å². The molecule has 30 heavy (non-hydrogen) atoms. The molecule has 3 rings (SSSR count). The van der Waals surface area contributed by atoms with Crippen LogP contribution in [0.2, 0.25) is 5.15 Å². The van der Waals surface area contributed by atoms with Crippen molar-refractivity contribution in [2.24, 2.45) is 5.73 Å². The Hall–Kier alpha value is -3.55. The van der Waals surface area contributed by atoms with Crippen LogP contribution >= 0.6 is 11.6 Å². The summed E-state index contributed by atoms with van der Waals surface area (Å²) >= 11 is 5.92. The highest BCUT2D eigenvalue weighted by Gasteiger charge is 2.26. The van der Waals surface area contributed by atoms with Crippen LogP contribution < -0.4 is 11.1 Å². The Morgan fingerprint density at radius 3 is 2.27 bits per heavy atom. The SMILES string of the molecule is NC(C(=O)Nc1ccc(Cl)nc1C(=O)c1ccccc1)C(=O)OCc1ccccc1. The van der Waals surface area contributed by atoms with E-state index in [1.165, 1.54) is 12.1 Å². The zero-order valence-corrected chi connectivity index (χ0v) is 16.5. The number of halogens is 1. The largest absolute Gasteiger partial charge is 0.459 e. The maximum atomic E-state index is 12.8. The molecule has 1 amide bonds. The molecule has 7 nitrogen and oxygen atoms in total. The fourth-order valence-corrected chi connectivity index (χ4v) is 2.72. The third kappa shape index (κ3) is 5.28. The number of ketones is 1. The summed E-state index contributed by atoms with van der Waals surface area (Å²) in [5.74, 6) is -2.16. The number of nitrogens with zero attached hydrogens (tertiary/aromatic N) is 1. The van der Waals surface area contributed by atoms with Gasteiger partial charge in [0.2, 0.25) is 5.78 Å². The van der Waals surface area contributed by atoms with Crippen LogP contribution in [-0.2, 0) is 20.9 Å². The summed E-state index contributed by atoms with van der Waals surface area (Å²) in [6, 6.07) is 18.6. The number of ether oxygens (including phenoxy) is 1. The van der Waals surface area contributed by atoms with Crippen LogP contribution in [-0.4, -0.2) is 28.7 Å². The summed E-state index contributed by atoms with van der Waals surface area (Å²) in [5, 5.41) is 2.54. The molecule has 0 aliphatic carbocycles. The topological polar surface area (TPSA) is 111 Å². The Morgan fingerprint density at radius 1 is 0.967 bits per heavy atom. The lowest BCUT2D eigenvalue weighted by Gasteiger charge is -2.14. The van der Waals surface area contributed by atoms with Crippen LogP contribution in [0.15, 0.2) is 72.8 Å². The summed E-state index contributed by atoms with van der Waals surface area (Å²) in [6.07, 6.45) is 0. The minimum Gasteiger partial charge on any atom is -0.459 e. The summed E-state index contributed by atoms with van der Waals surface area (Å²) in [5.41, 5.74) is 6.88. The second-order valence-electron chi connectivity index (χ2n) is 6.29. The highest BCUT2D eigenvalue weighted by Crippen LogP contribution is 2.20. The molecule has 3 aromatic rings. The summed E-state index contributed by atoms with van der Waals surface area (Å²) in [6.45, 7) is -0.0130. The van der Waals surface area contributed by atoms with E-state index in [-0.39, 0.29) is 23.1 Å². The fourth-order valence-electron chi connectivity index (χ4n) is 2.57. The summed E-state index contributed by atoms with van der Waals surface area (Å²) in [4.78, 5) is 41.4. The van der Waals surface area contributed by atoms with Gasteiger partial charge in [-0.2, -0.15) is 0 Å². The van der Waals surface area contributed by atoms with Crippen LogP contribution in [0.4, 0.5) is 5.69 Å². The normalized spacial score (nSPS) is 11.4. The predicted octanol–water partition coefficient (Wildman–Crippen LogP) is 2.98. The van der Waals surface area contributed by atoms with Crippen molar-refractivity contribution in [1.29, 1.82) is 0 Å². The van der Waals surface area contributed by atoms with Crippen molar-refractivity contribution in [3.63, 3.8) is 0 Å². The number of hydrogen-bond acceptors (Lipinski definition) is 6. The minimum atomic E-state index is -1.58. The van der Waals surface area contributed by atoms with Crippen molar-refractivity contribution in [1.82, 2.24) is 4.98 Å². The number of rotatable bonds is 7. The van der Waals surface area contributed by atoms with Gasteiger partial charge in [-0.1, -0.05) is 72.3 Å². The molecule has 0 spiro atoms. The number of carbonyl (C=O) groups is 3. The Bertz CT molecular complexity index is 1060. The van der Waals surface area contributed by atoms with Gasteiger partial charge in [0, 0.05) is 5.56 Å². The van der Waals surface area contributed by atoms with E-state index >= 15 is 0 Å². The van der Waals surface area contributed by atoms with Gasteiger partial charge in [-0.3, -0.25) is 9.59 Å². The van der Waals surface area contributed by atoms with Gasteiger partial charge in [-0.25, -0.2) is 9.78 Å². The van der Waals surface area contributed by atoms with Gasteiger partial charge in [0.15, 0.2) is 6.04 Å². The molecule has 0 aliphatic heterocycles. The van der Waals surface area contributed by atoms with Gasteiger partial charge in [-0.05, 0) is 17.7 Å². The van der Waals surface area contributed by atoms with Gasteiger partial charge >= 0.3 is 5.97 Å². The molecule has 0 fully saturated rings. The summed E-state index contributed by atoms with van der Waals surface area (Å²) in [7, 11) is 0. The van der Waals surface area contributed by atoms with Gasteiger partial charge in [0.05, 0.1) is 5.69 Å². The average Bonchev–Trinajstić information content (AvgIpc) is 2.78. The van der Waals surface area contributed by atoms with Gasteiger partial charge in [0.1, 0.15) is 17.5 Å². The van der Waals surface area contributed by atoms with Gasteiger partial charge in [-0.15, -0.1) is 0 Å². The zero-order chi connectivity index (χ0) is 21.5. The molecule has 8 heteroatoms. The maximum absolute atomic E-state index is 12.8. The van der Waals surface area contributed by atoms with E-state index in [0.29, 0.717) is 5.56 Å². The fraction of sp³-hybridized carbons (Fsp3) is 0.0909. The Morgan fingerprint density at radius 2 is 1.60 bits per heavy atom. The van der Waals surface area contributed by atoms with E-state index in [9.17, 15) is 14.4 Å².